The number of hydrogen-bond donors (Lipinski definition) is 1. The number of allylic oxidation sites excluding steroid dienone is 1. The van der Waals surface area contributed by atoms with Gasteiger partial charge in [-0.1, -0.05) is 11.6 Å². The molecule has 0 fully saturated rings. The summed E-state index contributed by atoms with van der Waals surface area (Å²) >= 11 is 5.71. The Morgan fingerprint density at radius 3 is 2.39 bits per heavy atom. The summed E-state index contributed by atoms with van der Waals surface area (Å²) in [6, 6.07) is 6.53. The lowest BCUT2D eigenvalue weighted by atomic mass is 10.3. The van der Waals surface area contributed by atoms with Gasteiger partial charge in [-0.3, -0.25) is 10.1 Å². The quantitative estimate of drug-likeness (QED) is 0.393. The Labute approximate surface area is 108 Å². The van der Waals surface area contributed by atoms with Crippen LogP contribution in [-0.2, 0) is 9.53 Å². The molecule has 0 atom stereocenters. The SMILES string of the molecule is COC(=O)/C(=C(\C)Nc1ccc(Cl)cc1)[N+](=O)[O-]. The minimum atomic E-state index is -1.00. The zero-order chi connectivity index (χ0) is 13.7. The van der Waals surface area contributed by atoms with Crippen LogP contribution in [0.25, 0.3) is 0 Å². The Bertz CT molecular complexity index is 496. The molecule has 0 radical (unpaired) electrons. The molecule has 0 spiro atoms. The Balaban J connectivity index is 3.02. The number of methoxy groups -OCH3 is 1. The maximum absolute atomic E-state index is 11.3. The van der Waals surface area contributed by atoms with E-state index in [1.54, 1.807) is 24.3 Å². The van der Waals surface area contributed by atoms with Crippen molar-refractivity contribution < 1.29 is 14.5 Å². The number of anilines is 1. The fourth-order valence-electron chi connectivity index (χ4n) is 1.27. The van der Waals surface area contributed by atoms with Crippen LogP contribution in [0.1, 0.15) is 6.92 Å². The van der Waals surface area contributed by atoms with Gasteiger partial charge >= 0.3 is 11.7 Å². The first-order valence-electron chi connectivity index (χ1n) is 4.92. The Morgan fingerprint density at radius 2 is 1.94 bits per heavy atom. The average molecular weight is 271 g/mol. The number of esters is 1. The molecule has 1 N–H and O–H groups in total. The highest BCUT2D eigenvalue weighted by Crippen LogP contribution is 2.17. The first-order chi connectivity index (χ1) is 8.45. The summed E-state index contributed by atoms with van der Waals surface area (Å²) in [5.74, 6) is -1.00. The Kier molecular flexibility index (Phi) is 4.67. The normalized spacial score (nSPS) is 11.5. The third-order valence-electron chi connectivity index (χ3n) is 2.09. The van der Waals surface area contributed by atoms with Crippen LogP contribution in [-0.4, -0.2) is 18.0 Å². The molecule has 0 amide bonds. The van der Waals surface area contributed by atoms with E-state index in [-0.39, 0.29) is 5.70 Å². The second-order valence-electron chi connectivity index (χ2n) is 3.35. The monoisotopic (exact) mass is 270 g/mol. The number of nitrogens with one attached hydrogen (secondary N) is 1. The molecule has 18 heavy (non-hydrogen) atoms. The fraction of sp³-hybridized carbons (Fsp3) is 0.182. The largest absolute Gasteiger partial charge is 0.461 e. The van der Waals surface area contributed by atoms with E-state index in [2.05, 4.69) is 10.1 Å². The van der Waals surface area contributed by atoms with Crippen LogP contribution in [0.5, 0.6) is 0 Å². The molecule has 1 aromatic carbocycles. The van der Waals surface area contributed by atoms with Crippen LogP contribution in [0.3, 0.4) is 0 Å². The summed E-state index contributed by atoms with van der Waals surface area (Å²) in [6.45, 7) is 1.42. The molecule has 6 nitrogen and oxygen atoms in total. The summed E-state index contributed by atoms with van der Waals surface area (Å²) in [7, 11) is 1.08. The Hall–Kier alpha value is -2.08. The molecule has 0 aromatic heterocycles. The summed E-state index contributed by atoms with van der Waals surface area (Å²) in [5.41, 5.74) is 0.0433. The maximum atomic E-state index is 11.3. The van der Waals surface area contributed by atoms with E-state index in [0.29, 0.717) is 10.7 Å². The number of halogens is 1. The van der Waals surface area contributed by atoms with Gasteiger partial charge in [-0.15, -0.1) is 0 Å². The number of nitro groups is 1. The van der Waals surface area contributed by atoms with Gasteiger partial charge in [-0.2, -0.15) is 0 Å². The van der Waals surface area contributed by atoms with E-state index in [0.717, 1.165) is 7.11 Å². The second kappa shape index (κ2) is 6.02. The van der Waals surface area contributed by atoms with Crippen molar-refractivity contribution in [2.75, 3.05) is 12.4 Å². The topological polar surface area (TPSA) is 81.5 Å². The van der Waals surface area contributed by atoms with Crippen molar-refractivity contribution in [3.05, 3.63) is 50.8 Å². The molecule has 96 valence electrons. The predicted molar refractivity (Wildman–Crippen MR) is 66.8 cm³/mol. The molecule has 0 unspecified atom stereocenters. The fourth-order valence-corrected chi connectivity index (χ4v) is 1.40. The second-order valence-corrected chi connectivity index (χ2v) is 3.79. The van der Waals surface area contributed by atoms with Crippen LogP contribution in [0.4, 0.5) is 5.69 Å². The molecule has 0 bridgehead atoms. The summed E-state index contributed by atoms with van der Waals surface area (Å²) < 4.78 is 4.35. The molecule has 1 aromatic rings. The predicted octanol–water partition coefficient (Wildman–Crippen LogP) is 2.43. The van der Waals surface area contributed by atoms with Crippen molar-refractivity contribution >= 4 is 23.3 Å². The van der Waals surface area contributed by atoms with Crippen LogP contribution >= 0.6 is 11.6 Å². The van der Waals surface area contributed by atoms with Gasteiger partial charge in [0.1, 0.15) is 0 Å². The maximum Gasteiger partial charge on any atom is 0.411 e. The van der Waals surface area contributed by atoms with E-state index >= 15 is 0 Å². The highest BCUT2D eigenvalue weighted by atomic mass is 35.5. The number of nitrogens with zero attached hydrogens (tertiary/aromatic N) is 1. The van der Waals surface area contributed by atoms with Crippen molar-refractivity contribution in [2.24, 2.45) is 0 Å². The lowest BCUT2D eigenvalue weighted by Crippen LogP contribution is -2.17. The zero-order valence-electron chi connectivity index (χ0n) is 9.77. The molecular weight excluding hydrogens is 260 g/mol. The number of hydrogen-bond acceptors (Lipinski definition) is 5. The number of ether oxygens (including phenoxy) is 1. The smallest absolute Gasteiger partial charge is 0.411 e. The van der Waals surface area contributed by atoms with Crippen LogP contribution in [0.15, 0.2) is 35.7 Å². The van der Waals surface area contributed by atoms with Gasteiger partial charge < -0.3 is 10.1 Å². The molecule has 0 saturated carbocycles. The van der Waals surface area contributed by atoms with Crippen molar-refractivity contribution in [1.29, 1.82) is 0 Å². The van der Waals surface area contributed by atoms with E-state index < -0.39 is 16.6 Å². The van der Waals surface area contributed by atoms with Gasteiger partial charge in [0.25, 0.3) is 0 Å². The van der Waals surface area contributed by atoms with Gasteiger partial charge in [0.2, 0.25) is 0 Å². The van der Waals surface area contributed by atoms with Gasteiger partial charge in [0, 0.05) is 10.7 Å². The van der Waals surface area contributed by atoms with Crippen LogP contribution < -0.4 is 5.32 Å². The van der Waals surface area contributed by atoms with Crippen LogP contribution in [0.2, 0.25) is 5.02 Å². The van der Waals surface area contributed by atoms with Gasteiger partial charge in [-0.05, 0) is 31.2 Å². The molecule has 0 aliphatic heterocycles. The standard InChI is InChI=1S/C11H11ClN2O4/c1-7(10(14(16)17)11(15)18-2)13-9-5-3-8(12)4-6-9/h3-6,13H,1-2H3/b10-7-. The molecule has 1 rings (SSSR count). The van der Waals surface area contributed by atoms with Gasteiger partial charge in [0.05, 0.1) is 17.7 Å². The highest BCUT2D eigenvalue weighted by Gasteiger charge is 2.26. The van der Waals surface area contributed by atoms with E-state index in [9.17, 15) is 14.9 Å². The lowest BCUT2D eigenvalue weighted by Gasteiger charge is -2.07. The van der Waals surface area contributed by atoms with Crippen molar-refractivity contribution in [1.82, 2.24) is 0 Å². The van der Waals surface area contributed by atoms with Gasteiger partial charge in [0.15, 0.2) is 0 Å². The van der Waals surface area contributed by atoms with E-state index in [1.807, 2.05) is 0 Å². The first kappa shape index (κ1) is 14.0. The first-order valence-corrected chi connectivity index (χ1v) is 5.29. The lowest BCUT2D eigenvalue weighted by molar-refractivity contribution is -0.422. The molecule has 0 saturated heterocycles. The molecule has 0 heterocycles. The average Bonchev–Trinajstić information content (AvgIpc) is 2.31. The Morgan fingerprint density at radius 1 is 1.39 bits per heavy atom. The van der Waals surface area contributed by atoms with Crippen molar-refractivity contribution in [3.63, 3.8) is 0 Å². The number of carbonyl (C=O) groups excluding carboxylic acids is 1. The molecular formula is C11H11ClN2O4. The van der Waals surface area contributed by atoms with Crippen LogP contribution in [0, 0.1) is 10.1 Å². The number of rotatable bonds is 4. The highest BCUT2D eigenvalue weighted by molar-refractivity contribution is 6.30. The number of benzene rings is 1. The molecule has 7 heteroatoms. The van der Waals surface area contributed by atoms with Crippen molar-refractivity contribution in [3.8, 4) is 0 Å². The van der Waals surface area contributed by atoms with E-state index in [4.69, 9.17) is 11.6 Å². The summed E-state index contributed by atoms with van der Waals surface area (Å²) in [4.78, 5) is 21.2. The number of carbonyl (C=O) groups is 1. The third kappa shape index (κ3) is 3.46. The molecule has 0 aliphatic carbocycles. The molecule has 0 aliphatic rings. The minimum Gasteiger partial charge on any atom is -0.461 e. The summed E-state index contributed by atoms with van der Waals surface area (Å²) in [6.07, 6.45) is 0. The zero-order valence-corrected chi connectivity index (χ0v) is 10.5. The summed E-state index contributed by atoms with van der Waals surface area (Å²) in [5, 5.41) is 14.1. The van der Waals surface area contributed by atoms with E-state index in [1.165, 1.54) is 6.92 Å². The minimum absolute atomic E-state index is 0.0918. The van der Waals surface area contributed by atoms with Crippen molar-refractivity contribution in [2.45, 2.75) is 6.92 Å². The third-order valence-corrected chi connectivity index (χ3v) is 2.34. The van der Waals surface area contributed by atoms with Gasteiger partial charge in [-0.25, -0.2) is 4.79 Å².